The van der Waals surface area contributed by atoms with Gasteiger partial charge >= 0.3 is 0 Å². The number of amides is 1. The molecule has 0 radical (unpaired) electrons. The van der Waals surface area contributed by atoms with E-state index in [9.17, 15) is 9.18 Å². The maximum atomic E-state index is 13.1. The van der Waals surface area contributed by atoms with Crippen LogP contribution in [0.5, 0.6) is 0 Å². The van der Waals surface area contributed by atoms with Crippen molar-refractivity contribution in [2.45, 2.75) is 0 Å². The molecule has 0 aliphatic heterocycles. The molecule has 1 heterocycles. The molecular weight excluding hydrogens is 315 g/mol. The molecule has 0 bridgehead atoms. The molecule has 0 spiro atoms. The highest BCUT2D eigenvalue weighted by Gasteiger charge is 2.08. The summed E-state index contributed by atoms with van der Waals surface area (Å²) in [7, 11) is 0. The monoisotopic (exact) mass is 324 g/mol. The Balaban J connectivity index is 2.13. The number of anilines is 2. The van der Waals surface area contributed by atoms with Crippen molar-refractivity contribution in [2.75, 3.05) is 10.7 Å². The van der Waals surface area contributed by atoms with Crippen LogP contribution in [0.1, 0.15) is 10.4 Å². The number of hydrogen-bond donors (Lipinski definition) is 3. The highest BCUT2D eigenvalue weighted by Crippen LogP contribution is 2.20. The van der Waals surface area contributed by atoms with E-state index in [1.54, 1.807) is 12.1 Å². The Morgan fingerprint density at radius 2 is 2.11 bits per heavy atom. The lowest BCUT2D eigenvalue weighted by Gasteiger charge is -2.06. The third-order valence-electron chi connectivity index (χ3n) is 2.35. The molecule has 2 rings (SSSR count). The van der Waals surface area contributed by atoms with Crippen LogP contribution in [0.4, 0.5) is 15.9 Å². The number of hydrazine groups is 1. The fourth-order valence-corrected chi connectivity index (χ4v) is 1.77. The third-order valence-corrected chi connectivity index (χ3v) is 2.96. The second-order valence-electron chi connectivity index (χ2n) is 3.66. The zero-order valence-corrected chi connectivity index (χ0v) is 11.2. The van der Waals surface area contributed by atoms with E-state index in [2.05, 4.69) is 31.7 Å². The van der Waals surface area contributed by atoms with Crippen molar-refractivity contribution < 1.29 is 9.18 Å². The number of nitrogens with zero attached hydrogens (tertiary/aromatic N) is 1. The van der Waals surface area contributed by atoms with Crippen molar-refractivity contribution in [3.05, 3.63) is 52.4 Å². The van der Waals surface area contributed by atoms with Gasteiger partial charge in [0.1, 0.15) is 11.6 Å². The van der Waals surface area contributed by atoms with Gasteiger partial charge in [0.05, 0.1) is 10.0 Å². The minimum absolute atomic E-state index is 0.283. The summed E-state index contributed by atoms with van der Waals surface area (Å²) in [5.41, 5.74) is 3.23. The van der Waals surface area contributed by atoms with E-state index in [-0.39, 0.29) is 10.4 Å². The maximum absolute atomic E-state index is 13.1. The number of nitrogen functional groups attached to an aromatic ring is 1. The summed E-state index contributed by atoms with van der Waals surface area (Å²) in [5.74, 6) is 4.91. The Bertz CT molecular complexity index is 603. The van der Waals surface area contributed by atoms with Gasteiger partial charge in [0.15, 0.2) is 0 Å². The molecule has 0 aliphatic rings. The number of nitrogens with one attached hydrogen (secondary N) is 2. The molecule has 1 aromatic carbocycles. The van der Waals surface area contributed by atoms with Crippen molar-refractivity contribution in [3.63, 3.8) is 0 Å². The third kappa shape index (κ3) is 3.27. The molecule has 7 heteroatoms. The molecule has 98 valence electrons. The van der Waals surface area contributed by atoms with Crippen LogP contribution in [-0.4, -0.2) is 10.9 Å². The molecule has 5 nitrogen and oxygen atoms in total. The summed E-state index contributed by atoms with van der Waals surface area (Å²) in [6.07, 6.45) is 1.39. The van der Waals surface area contributed by atoms with Crippen LogP contribution in [0, 0.1) is 5.82 Å². The average molecular weight is 325 g/mol. The molecule has 0 fully saturated rings. The molecule has 2 aromatic rings. The summed E-state index contributed by atoms with van der Waals surface area (Å²) < 4.78 is 13.3. The van der Waals surface area contributed by atoms with Crippen LogP contribution >= 0.6 is 15.9 Å². The van der Waals surface area contributed by atoms with E-state index >= 15 is 0 Å². The van der Waals surface area contributed by atoms with Crippen LogP contribution in [-0.2, 0) is 0 Å². The van der Waals surface area contributed by atoms with E-state index in [1.807, 2.05) is 0 Å². The average Bonchev–Trinajstić information content (AvgIpc) is 2.43. The van der Waals surface area contributed by atoms with Crippen molar-refractivity contribution in [2.24, 2.45) is 5.84 Å². The minimum Gasteiger partial charge on any atom is -0.322 e. The van der Waals surface area contributed by atoms with Gasteiger partial charge < -0.3 is 10.7 Å². The number of benzene rings is 1. The quantitative estimate of drug-likeness (QED) is 0.598. The van der Waals surface area contributed by atoms with E-state index in [0.29, 0.717) is 17.1 Å². The Labute approximate surface area is 117 Å². The fraction of sp³-hybridized carbons (Fsp3) is 0. The molecule has 4 N–H and O–H groups in total. The summed E-state index contributed by atoms with van der Waals surface area (Å²) in [6.45, 7) is 0. The van der Waals surface area contributed by atoms with E-state index < -0.39 is 5.82 Å². The first-order chi connectivity index (χ1) is 9.10. The summed E-state index contributed by atoms with van der Waals surface area (Å²) in [4.78, 5) is 15.8. The number of carbonyl (C=O) groups is 1. The molecule has 0 saturated heterocycles. The zero-order chi connectivity index (χ0) is 13.8. The van der Waals surface area contributed by atoms with Gasteiger partial charge in [-0.2, -0.15) is 0 Å². The molecule has 19 heavy (non-hydrogen) atoms. The van der Waals surface area contributed by atoms with E-state index in [1.165, 1.54) is 24.4 Å². The van der Waals surface area contributed by atoms with E-state index in [0.717, 1.165) is 0 Å². The first-order valence-electron chi connectivity index (χ1n) is 5.29. The molecule has 0 aliphatic carbocycles. The Morgan fingerprint density at radius 3 is 2.68 bits per heavy atom. The minimum atomic E-state index is -0.391. The zero-order valence-electron chi connectivity index (χ0n) is 9.65. The van der Waals surface area contributed by atoms with Crippen LogP contribution in [0.3, 0.4) is 0 Å². The smallest absolute Gasteiger partial charge is 0.257 e. The van der Waals surface area contributed by atoms with Gasteiger partial charge in [-0.25, -0.2) is 15.2 Å². The Kier molecular flexibility index (Phi) is 4.08. The first kappa shape index (κ1) is 13.4. The van der Waals surface area contributed by atoms with Crippen molar-refractivity contribution >= 4 is 33.3 Å². The first-order valence-corrected chi connectivity index (χ1v) is 6.08. The number of pyridine rings is 1. The predicted octanol–water partition coefficient (Wildman–Crippen LogP) is 2.52. The van der Waals surface area contributed by atoms with Gasteiger partial charge in [-0.1, -0.05) is 0 Å². The van der Waals surface area contributed by atoms with Crippen LogP contribution in [0.25, 0.3) is 0 Å². The molecule has 1 aromatic heterocycles. The summed E-state index contributed by atoms with van der Waals surface area (Å²) >= 11 is 3.05. The van der Waals surface area contributed by atoms with Crippen LogP contribution in [0.15, 0.2) is 41.0 Å². The Hall–Kier alpha value is -1.99. The number of aromatic nitrogens is 1. The molecule has 1 amide bonds. The number of nitrogens with two attached hydrogens (primary N) is 1. The van der Waals surface area contributed by atoms with Gasteiger partial charge in [-0.05, 0) is 46.3 Å². The fourth-order valence-electron chi connectivity index (χ4n) is 1.39. The van der Waals surface area contributed by atoms with Crippen LogP contribution in [0.2, 0.25) is 0 Å². The lowest BCUT2D eigenvalue weighted by molar-refractivity contribution is 0.102. The van der Waals surface area contributed by atoms with Gasteiger partial charge in [-0.3, -0.25) is 4.79 Å². The van der Waals surface area contributed by atoms with Gasteiger partial charge in [0, 0.05) is 11.9 Å². The van der Waals surface area contributed by atoms with Crippen molar-refractivity contribution in [3.8, 4) is 0 Å². The number of halogens is 2. The van der Waals surface area contributed by atoms with Gasteiger partial charge in [0.2, 0.25) is 0 Å². The van der Waals surface area contributed by atoms with Gasteiger partial charge in [-0.15, -0.1) is 0 Å². The predicted molar refractivity (Wildman–Crippen MR) is 74.1 cm³/mol. The standard InChI is InChI=1S/C12H10BrFN4O/c13-9-5-8(2-3-10(9)14)17-12(19)7-1-4-11(18-15)16-6-7/h1-6H,15H2,(H,16,18)(H,17,19). The molecule has 0 unspecified atom stereocenters. The Morgan fingerprint density at radius 1 is 1.32 bits per heavy atom. The second-order valence-corrected chi connectivity index (χ2v) is 4.51. The lowest BCUT2D eigenvalue weighted by Crippen LogP contribution is -2.13. The second kappa shape index (κ2) is 5.77. The molecule has 0 atom stereocenters. The highest BCUT2D eigenvalue weighted by molar-refractivity contribution is 9.10. The summed E-state index contributed by atoms with van der Waals surface area (Å²) in [5, 5.41) is 2.64. The lowest BCUT2D eigenvalue weighted by atomic mass is 10.2. The topological polar surface area (TPSA) is 80.0 Å². The van der Waals surface area contributed by atoms with Crippen molar-refractivity contribution in [1.29, 1.82) is 0 Å². The largest absolute Gasteiger partial charge is 0.322 e. The van der Waals surface area contributed by atoms with E-state index in [4.69, 9.17) is 5.84 Å². The number of carbonyl (C=O) groups excluding carboxylic acids is 1. The SMILES string of the molecule is NNc1ccc(C(=O)Nc2ccc(F)c(Br)c2)cn1. The number of hydrogen-bond acceptors (Lipinski definition) is 4. The van der Waals surface area contributed by atoms with Crippen molar-refractivity contribution in [1.82, 2.24) is 4.98 Å². The molecular formula is C12H10BrFN4O. The van der Waals surface area contributed by atoms with Gasteiger partial charge in [0.25, 0.3) is 5.91 Å². The maximum Gasteiger partial charge on any atom is 0.257 e. The summed E-state index contributed by atoms with van der Waals surface area (Å²) in [6, 6.07) is 7.38. The normalized spacial score (nSPS) is 10.1. The van der Waals surface area contributed by atoms with Crippen LogP contribution < -0.4 is 16.6 Å². The molecule has 0 saturated carbocycles. The number of rotatable bonds is 3. The highest BCUT2D eigenvalue weighted by atomic mass is 79.9.